The number of hydrogen-bond acceptors (Lipinski definition) is 3. The van der Waals surface area contributed by atoms with E-state index in [0.29, 0.717) is 6.04 Å². The molecule has 0 aromatic heterocycles. The van der Waals surface area contributed by atoms with Crippen molar-refractivity contribution >= 4 is 5.91 Å². The van der Waals surface area contributed by atoms with Crippen LogP contribution in [0.5, 0.6) is 0 Å². The first-order valence-corrected chi connectivity index (χ1v) is 7.89. The third-order valence-corrected chi connectivity index (χ3v) is 4.72. The van der Waals surface area contributed by atoms with E-state index in [4.69, 9.17) is 0 Å². The third-order valence-electron chi connectivity index (χ3n) is 4.72. The van der Waals surface area contributed by atoms with Gasteiger partial charge in [0.1, 0.15) is 0 Å². The van der Waals surface area contributed by atoms with Crippen molar-refractivity contribution in [2.75, 3.05) is 32.7 Å². The lowest BCUT2D eigenvalue weighted by atomic mass is 9.96. The second-order valence-corrected chi connectivity index (χ2v) is 6.34. The first kappa shape index (κ1) is 14.8. The van der Waals surface area contributed by atoms with E-state index in [1.807, 2.05) is 0 Å². The molecule has 0 aromatic rings. The molecule has 0 radical (unpaired) electrons. The van der Waals surface area contributed by atoms with Gasteiger partial charge in [0.25, 0.3) is 0 Å². The Hall–Kier alpha value is -0.610. The predicted molar refractivity (Wildman–Crippen MR) is 78.0 cm³/mol. The van der Waals surface area contributed by atoms with Gasteiger partial charge in [-0.05, 0) is 64.7 Å². The Morgan fingerprint density at radius 1 is 1.26 bits per heavy atom. The summed E-state index contributed by atoms with van der Waals surface area (Å²) in [6, 6.07) is 0.471. The molecular formula is C15H29N3O. The first-order valence-electron chi connectivity index (χ1n) is 7.89. The van der Waals surface area contributed by atoms with Crippen molar-refractivity contribution in [1.29, 1.82) is 0 Å². The molecule has 4 nitrogen and oxygen atoms in total. The molecule has 2 heterocycles. The van der Waals surface area contributed by atoms with Crippen LogP contribution in [0.25, 0.3) is 0 Å². The minimum atomic E-state index is 0.231. The fraction of sp³-hybridized carbons (Fsp3) is 0.933. The molecule has 1 amide bonds. The van der Waals surface area contributed by atoms with Crippen molar-refractivity contribution in [2.45, 2.75) is 45.6 Å². The van der Waals surface area contributed by atoms with Gasteiger partial charge in [-0.1, -0.05) is 6.92 Å². The Labute approximate surface area is 117 Å². The van der Waals surface area contributed by atoms with Gasteiger partial charge in [0.2, 0.25) is 5.91 Å². The fourth-order valence-corrected chi connectivity index (χ4v) is 3.08. The second kappa shape index (κ2) is 7.25. The van der Waals surface area contributed by atoms with Crippen LogP contribution < -0.4 is 10.6 Å². The molecule has 0 aliphatic carbocycles. The van der Waals surface area contributed by atoms with Crippen LogP contribution in [0, 0.1) is 11.8 Å². The number of hydrogen-bond donors (Lipinski definition) is 2. The quantitative estimate of drug-likeness (QED) is 0.805. The van der Waals surface area contributed by atoms with Crippen molar-refractivity contribution in [3.05, 3.63) is 0 Å². The summed E-state index contributed by atoms with van der Waals surface area (Å²) >= 11 is 0. The Morgan fingerprint density at radius 3 is 2.53 bits per heavy atom. The molecule has 2 saturated heterocycles. The topological polar surface area (TPSA) is 44.4 Å². The molecule has 2 N–H and O–H groups in total. The maximum atomic E-state index is 12.1. The molecular weight excluding hydrogens is 238 g/mol. The molecule has 4 heteroatoms. The van der Waals surface area contributed by atoms with Crippen LogP contribution in [0.3, 0.4) is 0 Å². The number of rotatable bonds is 4. The highest BCUT2D eigenvalue weighted by Gasteiger charge is 2.23. The summed E-state index contributed by atoms with van der Waals surface area (Å²) in [4.78, 5) is 14.6. The van der Waals surface area contributed by atoms with Gasteiger partial charge in [-0.25, -0.2) is 0 Å². The van der Waals surface area contributed by atoms with E-state index < -0.39 is 0 Å². The Balaban J connectivity index is 1.67. The van der Waals surface area contributed by atoms with Crippen LogP contribution in [0.1, 0.15) is 39.5 Å². The van der Waals surface area contributed by atoms with Crippen LogP contribution in [0.2, 0.25) is 0 Å². The predicted octanol–water partition coefficient (Wildman–Crippen LogP) is 1.22. The van der Waals surface area contributed by atoms with E-state index in [9.17, 15) is 4.79 Å². The van der Waals surface area contributed by atoms with E-state index in [2.05, 4.69) is 29.4 Å². The number of amides is 1. The van der Waals surface area contributed by atoms with E-state index in [-0.39, 0.29) is 11.8 Å². The lowest BCUT2D eigenvalue weighted by Gasteiger charge is -2.35. The minimum absolute atomic E-state index is 0.231. The zero-order valence-corrected chi connectivity index (χ0v) is 12.5. The summed E-state index contributed by atoms with van der Waals surface area (Å²) < 4.78 is 0. The average Bonchev–Trinajstić information content (AvgIpc) is 2.46. The molecule has 1 atom stereocenters. The largest absolute Gasteiger partial charge is 0.354 e. The molecule has 2 fully saturated rings. The van der Waals surface area contributed by atoms with E-state index >= 15 is 0 Å². The number of piperidine rings is 2. The number of carbonyl (C=O) groups excluding carboxylic acids is 1. The molecule has 0 aromatic carbocycles. The fourth-order valence-electron chi connectivity index (χ4n) is 3.08. The molecule has 110 valence electrons. The van der Waals surface area contributed by atoms with Gasteiger partial charge in [-0.2, -0.15) is 0 Å². The zero-order valence-electron chi connectivity index (χ0n) is 12.5. The van der Waals surface area contributed by atoms with Crippen LogP contribution in [0.4, 0.5) is 0 Å². The summed E-state index contributed by atoms with van der Waals surface area (Å²) in [5, 5.41) is 6.45. The Morgan fingerprint density at radius 2 is 1.89 bits per heavy atom. The van der Waals surface area contributed by atoms with Gasteiger partial charge in [0.05, 0.1) is 0 Å². The van der Waals surface area contributed by atoms with Crippen LogP contribution >= 0.6 is 0 Å². The minimum Gasteiger partial charge on any atom is -0.354 e. The lowest BCUT2D eigenvalue weighted by molar-refractivity contribution is -0.126. The van der Waals surface area contributed by atoms with Crippen molar-refractivity contribution < 1.29 is 4.79 Å². The molecule has 0 spiro atoms. The summed E-state index contributed by atoms with van der Waals surface area (Å²) in [7, 11) is 0. The summed E-state index contributed by atoms with van der Waals surface area (Å²) in [6.07, 6.45) is 4.57. The van der Waals surface area contributed by atoms with Crippen molar-refractivity contribution in [1.82, 2.24) is 15.5 Å². The molecule has 2 aliphatic rings. The smallest absolute Gasteiger partial charge is 0.223 e. The van der Waals surface area contributed by atoms with Gasteiger partial charge in [-0.3, -0.25) is 9.69 Å². The van der Waals surface area contributed by atoms with E-state index in [0.717, 1.165) is 38.4 Å². The average molecular weight is 267 g/mol. The monoisotopic (exact) mass is 267 g/mol. The maximum absolute atomic E-state index is 12.1. The zero-order chi connectivity index (χ0) is 13.7. The summed E-state index contributed by atoms with van der Waals surface area (Å²) in [6.45, 7) is 9.71. The summed E-state index contributed by atoms with van der Waals surface area (Å²) in [5.41, 5.74) is 0. The van der Waals surface area contributed by atoms with E-state index in [1.165, 1.54) is 25.9 Å². The highest BCUT2D eigenvalue weighted by Crippen LogP contribution is 2.18. The van der Waals surface area contributed by atoms with Crippen molar-refractivity contribution in [2.24, 2.45) is 11.8 Å². The highest BCUT2D eigenvalue weighted by molar-refractivity contribution is 5.78. The van der Waals surface area contributed by atoms with Crippen molar-refractivity contribution in [3.63, 3.8) is 0 Å². The number of nitrogens with one attached hydrogen (secondary N) is 2. The van der Waals surface area contributed by atoms with Gasteiger partial charge in [0.15, 0.2) is 0 Å². The Bertz CT molecular complexity index is 281. The van der Waals surface area contributed by atoms with Crippen LogP contribution in [-0.2, 0) is 4.79 Å². The molecule has 19 heavy (non-hydrogen) atoms. The maximum Gasteiger partial charge on any atom is 0.223 e. The van der Waals surface area contributed by atoms with Crippen molar-refractivity contribution in [3.8, 4) is 0 Å². The third kappa shape index (κ3) is 4.46. The molecule has 0 bridgehead atoms. The van der Waals surface area contributed by atoms with Gasteiger partial charge >= 0.3 is 0 Å². The SMILES string of the molecule is CC1CCN(C(C)CNC(=O)C2CCNCC2)CC1. The number of likely N-dealkylation sites (tertiary alicyclic amines) is 1. The Kier molecular flexibility index (Phi) is 5.64. The molecule has 0 saturated carbocycles. The number of nitrogens with zero attached hydrogens (tertiary/aromatic N) is 1. The normalized spacial score (nSPS) is 25.2. The second-order valence-electron chi connectivity index (χ2n) is 6.34. The van der Waals surface area contributed by atoms with Gasteiger partial charge in [-0.15, -0.1) is 0 Å². The number of carbonyl (C=O) groups is 1. The standard InChI is InChI=1S/C15H29N3O/c1-12-5-9-18(10-6-12)13(2)11-17-15(19)14-3-7-16-8-4-14/h12-14,16H,3-11H2,1-2H3,(H,17,19). The first-order chi connectivity index (χ1) is 9.16. The molecule has 2 rings (SSSR count). The van der Waals surface area contributed by atoms with Crippen LogP contribution in [-0.4, -0.2) is 49.6 Å². The van der Waals surface area contributed by atoms with Gasteiger partial charge < -0.3 is 10.6 Å². The molecule has 2 aliphatic heterocycles. The highest BCUT2D eigenvalue weighted by atomic mass is 16.1. The lowest BCUT2D eigenvalue weighted by Crippen LogP contribution is -2.47. The molecule has 1 unspecified atom stereocenters. The van der Waals surface area contributed by atoms with Crippen LogP contribution in [0.15, 0.2) is 0 Å². The van der Waals surface area contributed by atoms with E-state index in [1.54, 1.807) is 0 Å². The van der Waals surface area contributed by atoms with Gasteiger partial charge in [0, 0.05) is 18.5 Å². The summed E-state index contributed by atoms with van der Waals surface area (Å²) in [5.74, 6) is 1.36.